The van der Waals surface area contributed by atoms with Gasteiger partial charge in [0.05, 0.1) is 7.11 Å². The first-order valence-corrected chi connectivity index (χ1v) is 5.12. The lowest BCUT2D eigenvalue weighted by molar-refractivity contribution is 0.298. The van der Waals surface area contributed by atoms with Crippen LogP contribution in [0.1, 0.15) is 5.69 Å². The van der Waals surface area contributed by atoms with Gasteiger partial charge >= 0.3 is 0 Å². The molecule has 4 nitrogen and oxygen atoms in total. The van der Waals surface area contributed by atoms with E-state index in [1.807, 2.05) is 24.3 Å². The molecule has 0 aliphatic carbocycles. The molecule has 0 unspecified atom stereocenters. The molecule has 0 spiro atoms. The van der Waals surface area contributed by atoms with E-state index in [9.17, 15) is 0 Å². The summed E-state index contributed by atoms with van der Waals surface area (Å²) < 4.78 is 5.09. The van der Waals surface area contributed by atoms with Crippen molar-refractivity contribution in [1.29, 1.82) is 0 Å². The van der Waals surface area contributed by atoms with Gasteiger partial charge in [0.1, 0.15) is 11.6 Å². The first kappa shape index (κ1) is 10.7. The molecular formula is C12H14N2O2. The summed E-state index contributed by atoms with van der Waals surface area (Å²) in [7, 11) is 1.64. The van der Waals surface area contributed by atoms with Crippen LogP contribution in [0.4, 0.5) is 0 Å². The van der Waals surface area contributed by atoms with E-state index < -0.39 is 0 Å². The molecule has 0 saturated carbocycles. The van der Waals surface area contributed by atoms with Crippen molar-refractivity contribution in [2.75, 3.05) is 13.7 Å². The maximum absolute atomic E-state index is 8.80. The SMILES string of the molecule is COc1ccc(-c2ncc(CCO)[nH]2)cc1. The monoisotopic (exact) mass is 218 g/mol. The lowest BCUT2D eigenvalue weighted by atomic mass is 10.2. The number of ether oxygens (including phenoxy) is 1. The Hall–Kier alpha value is -1.81. The number of nitrogens with one attached hydrogen (secondary N) is 1. The molecule has 2 aromatic rings. The third-order valence-corrected chi connectivity index (χ3v) is 2.37. The number of aliphatic hydroxyl groups excluding tert-OH is 1. The number of H-pyrrole nitrogens is 1. The van der Waals surface area contributed by atoms with Crippen molar-refractivity contribution in [2.45, 2.75) is 6.42 Å². The minimum absolute atomic E-state index is 0.129. The van der Waals surface area contributed by atoms with Crippen LogP contribution in [0.15, 0.2) is 30.5 Å². The third-order valence-electron chi connectivity index (χ3n) is 2.37. The minimum atomic E-state index is 0.129. The highest BCUT2D eigenvalue weighted by molar-refractivity contribution is 5.56. The highest BCUT2D eigenvalue weighted by atomic mass is 16.5. The Morgan fingerprint density at radius 3 is 2.69 bits per heavy atom. The molecule has 0 atom stereocenters. The molecule has 0 radical (unpaired) electrons. The standard InChI is InChI=1S/C12H14N2O2/c1-16-11-4-2-9(3-5-11)12-13-8-10(14-12)6-7-15/h2-5,8,15H,6-7H2,1H3,(H,13,14). The largest absolute Gasteiger partial charge is 0.497 e. The molecule has 1 aromatic heterocycles. The maximum atomic E-state index is 8.80. The molecular weight excluding hydrogens is 204 g/mol. The van der Waals surface area contributed by atoms with Crippen molar-refractivity contribution < 1.29 is 9.84 Å². The maximum Gasteiger partial charge on any atom is 0.137 e. The van der Waals surface area contributed by atoms with Crippen molar-refractivity contribution >= 4 is 0 Å². The first-order chi connectivity index (χ1) is 7.83. The van der Waals surface area contributed by atoms with Crippen molar-refractivity contribution in [2.24, 2.45) is 0 Å². The number of nitrogens with zero attached hydrogens (tertiary/aromatic N) is 1. The Bertz CT molecular complexity index is 448. The number of aromatic amines is 1. The van der Waals surface area contributed by atoms with Gasteiger partial charge in [0.25, 0.3) is 0 Å². The number of rotatable bonds is 4. The third kappa shape index (κ3) is 2.23. The van der Waals surface area contributed by atoms with Crippen molar-refractivity contribution in [1.82, 2.24) is 9.97 Å². The van der Waals surface area contributed by atoms with E-state index in [4.69, 9.17) is 9.84 Å². The first-order valence-electron chi connectivity index (χ1n) is 5.12. The normalized spacial score (nSPS) is 10.4. The van der Waals surface area contributed by atoms with E-state index in [1.54, 1.807) is 13.3 Å². The summed E-state index contributed by atoms with van der Waals surface area (Å²) in [5.41, 5.74) is 1.94. The number of hydrogen-bond acceptors (Lipinski definition) is 3. The van der Waals surface area contributed by atoms with Crippen molar-refractivity contribution in [3.8, 4) is 17.1 Å². The molecule has 1 aromatic carbocycles. The summed E-state index contributed by atoms with van der Waals surface area (Å²) in [6.07, 6.45) is 2.35. The molecule has 2 rings (SSSR count). The molecule has 84 valence electrons. The van der Waals surface area contributed by atoms with Crippen LogP contribution in [0.5, 0.6) is 5.75 Å². The average Bonchev–Trinajstić information content (AvgIpc) is 2.78. The fraction of sp³-hybridized carbons (Fsp3) is 0.250. The second-order valence-electron chi connectivity index (χ2n) is 3.46. The van der Waals surface area contributed by atoms with Crippen LogP contribution >= 0.6 is 0 Å². The van der Waals surface area contributed by atoms with Crippen molar-refractivity contribution in [3.05, 3.63) is 36.2 Å². The number of methoxy groups -OCH3 is 1. The highest BCUT2D eigenvalue weighted by Crippen LogP contribution is 2.19. The number of benzene rings is 1. The summed E-state index contributed by atoms with van der Waals surface area (Å²) in [6.45, 7) is 0.129. The second kappa shape index (κ2) is 4.81. The van der Waals surface area contributed by atoms with E-state index in [2.05, 4.69) is 9.97 Å². The predicted octanol–water partition coefficient (Wildman–Crippen LogP) is 1.62. The summed E-state index contributed by atoms with van der Waals surface area (Å²) in [4.78, 5) is 7.41. The van der Waals surface area contributed by atoms with Crippen LogP contribution in [0.2, 0.25) is 0 Å². The van der Waals surface area contributed by atoms with Crippen LogP contribution in [0.25, 0.3) is 11.4 Å². The van der Waals surface area contributed by atoms with E-state index in [1.165, 1.54) is 0 Å². The van der Waals surface area contributed by atoms with Gasteiger partial charge in [-0.3, -0.25) is 0 Å². The Balaban J connectivity index is 2.21. The molecule has 0 aliphatic heterocycles. The van der Waals surface area contributed by atoms with Crippen LogP contribution in [-0.2, 0) is 6.42 Å². The number of aliphatic hydroxyl groups is 1. The van der Waals surface area contributed by atoms with Gasteiger partial charge in [-0.2, -0.15) is 0 Å². The molecule has 4 heteroatoms. The van der Waals surface area contributed by atoms with Crippen LogP contribution in [0, 0.1) is 0 Å². The summed E-state index contributed by atoms with van der Waals surface area (Å²) in [5, 5.41) is 8.80. The van der Waals surface area contributed by atoms with E-state index >= 15 is 0 Å². The second-order valence-corrected chi connectivity index (χ2v) is 3.46. The summed E-state index contributed by atoms with van der Waals surface area (Å²) in [5.74, 6) is 1.64. The van der Waals surface area contributed by atoms with Gasteiger partial charge in [-0.15, -0.1) is 0 Å². The smallest absolute Gasteiger partial charge is 0.137 e. The van der Waals surface area contributed by atoms with E-state index in [0.29, 0.717) is 6.42 Å². The molecule has 0 amide bonds. The fourth-order valence-corrected chi connectivity index (χ4v) is 1.50. The number of aromatic nitrogens is 2. The Labute approximate surface area is 93.9 Å². The molecule has 16 heavy (non-hydrogen) atoms. The summed E-state index contributed by atoms with van der Waals surface area (Å²) >= 11 is 0. The van der Waals surface area contributed by atoms with Gasteiger partial charge in [-0.1, -0.05) is 0 Å². The zero-order valence-electron chi connectivity index (χ0n) is 9.10. The van der Waals surface area contributed by atoms with E-state index in [-0.39, 0.29) is 6.61 Å². The van der Waals surface area contributed by atoms with Crippen LogP contribution < -0.4 is 4.74 Å². The van der Waals surface area contributed by atoms with Crippen LogP contribution in [-0.4, -0.2) is 28.8 Å². The molecule has 0 fully saturated rings. The lowest BCUT2D eigenvalue weighted by Gasteiger charge is -2.00. The van der Waals surface area contributed by atoms with Gasteiger partial charge in [-0.25, -0.2) is 4.98 Å². The van der Waals surface area contributed by atoms with Gasteiger partial charge in [0, 0.05) is 30.5 Å². The van der Waals surface area contributed by atoms with E-state index in [0.717, 1.165) is 22.8 Å². The highest BCUT2D eigenvalue weighted by Gasteiger charge is 2.03. The molecule has 0 saturated heterocycles. The number of imidazole rings is 1. The molecule has 0 bridgehead atoms. The average molecular weight is 218 g/mol. The minimum Gasteiger partial charge on any atom is -0.497 e. The molecule has 0 aliphatic rings. The number of hydrogen-bond donors (Lipinski definition) is 2. The Morgan fingerprint density at radius 2 is 2.06 bits per heavy atom. The predicted molar refractivity (Wildman–Crippen MR) is 61.4 cm³/mol. The van der Waals surface area contributed by atoms with Gasteiger partial charge in [0.15, 0.2) is 0 Å². The van der Waals surface area contributed by atoms with Crippen LogP contribution in [0.3, 0.4) is 0 Å². The fourth-order valence-electron chi connectivity index (χ4n) is 1.50. The summed E-state index contributed by atoms with van der Waals surface area (Å²) in [6, 6.07) is 7.67. The Morgan fingerprint density at radius 1 is 1.31 bits per heavy atom. The van der Waals surface area contributed by atoms with Crippen molar-refractivity contribution in [3.63, 3.8) is 0 Å². The zero-order valence-corrected chi connectivity index (χ0v) is 9.10. The van der Waals surface area contributed by atoms with Gasteiger partial charge < -0.3 is 14.8 Å². The van der Waals surface area contributed by atoms with Gasteiger partial charge in [0.2, 0.25) is 0 Å². The lowest BCUT2D eigenvalue weighted by Crippen LogP contribution is -1.90. The quantitative estimate of drug-likeness (QED) is 0.819. The topological polar surface area (TPSA) is 58.1 Å². The Kier molecular flexibility index (Phi) is 3.22. The molecule has 1 heterocycles. The zero-order chi connectivity index (χ0) is 11.4. The van der Waals surface area contributed by atoms with Gasteiger partial charge in [-0.05, 0) is 24.3 Å². The molecule has 2 N–H and O–H groups in total.